The van der Waals surface area contributed by atoms with Crippen LogP contribution in [0.5, 0.6) is 0 Å². The maximum absolute atomic E-state index is 11.9. The lowest BCUT2D eigenvalue weighted by Crippen LogP contribution is -2.13. The van der Waals surface area contributed by atoms with E-state index in [9.17, 15) is 4.79 Å². The average molecular weight is 230 g/mol. The molecule has 4 nitrogen and oxygen atoms in total. The minimum atomic E-state index is -0.270. The van der Waals surface area contributed by atoms with E-state index < -0.39 is 0 Å². The van der Waals surface area contributed by atoms with Crippen LogP contribution in [0, 0.1) is 20.8 Å². The van der Waals surface area contributed by atoms with Gasteiger partial charge in [-0.1, -0.05) is 17.3 Å². The molecule has 0 radical (unpaired) electrons. The van der Waals surface area contributed by atoms with Gasteiger partial charge in [-0.3, -0.25) is 4.79 Å². The van der Waals surface area contributed by atoms with Gasteiger partial charge in [0.15, 0.2) is 0 Å². The van der Waals surface area contributed by atoms with Crippen LogP contribution in [0.4, 0.5) is 5.69 Å². The fourth-order valence-corrected chi connectivity index (χ4v) is 1.57. The molecular weight excluding hydrogens is 216 g/mol. The molecule has 17 heavy (non-hydrogen) atoms. The quantitative estimate of drug-likeness (QED) is 0.863. The summed E-state index contributed by atoms with van der Waals surface area (Å²) in [5.74, 6) is -0.0143. The first kappa shape index (κ1) is 11.4. The number of benzene rings is 1. The molecule has 0 aliphatic rings. The Hall–Kier alpha value is -2.10. The molecule has 1 N–H and O–H groups in total. The van der Waals surface area contributed by atoms with E-state index in [1.807, 2.05) is 32.0 Å². The summed E-state index contributed by atoms with van der Waals surface area (Å²) >= 11 is 0. The summed E-state index contributed by atoms with van der Waals surface area (Å²) in [6, 6.07) is 5.78. The third-order valence-electron chi connectivity index (χ3n) is 2.81. The molecule has 0 spiro atoms. The van der Waals surface area contributed by atoms with Crippen molar-refractivity contribution in [2.24, 2.45) is 0 Å². The van der Waals surface area contributed by atoms with E-state index in [1.165, 1.54) is 6.20 Å². The number of aryl methyl sites for hydroxylation is 2. The lowest BCUT2D eigenvalue weighted by molar-refractivity contribution is 0.0987. The topological polar surface area (TPSA) is 55.1 Å². The fourth-order valence-electron chi connectivity index (χ4n) is 1.57. The molecule has 1 amide bonds. The lowest BCUT2D eigenvalue weighted by Gasteiger charge is -2.09. The smallest absolute Gasteiger partial charge is 0.294 e. The maximum Gasteiger partial charge on any atom is 0.294 e. The predicted molar refractivity (Wildman–Crippen MR) is 65.1 cm³/mol. The van der Waals surface area contributed by atoms with Crippen LogP contribution < -0.4 is 5.32 Å². The first-order valence-corrected chi connectivity index (χ1v) is 5.38. The van der Waals surface area contributed by atoms with Gasteiger partial charge in [-0.2, -0.15) is 0 Å². The van der Waals surface area contributed by atoms with Crippen molar-refractivity contribution in [1.82, 2.24) is 5.16 Å². The van der Waals surface area contributed by atoms with Crippen molar-refractivity contribution in [1.29, 1.82) is 0 Å². The Bertz CT molecular complexity index is 558. The highest BCUT2D eigenvalue weighted by molar-refractivity contribution is 6.03. The standard InChI is InChI=1S/C13H14N2O2/c1-8-5-4-6-11(10(8)3)15-13(16)12-9(2)7-14-17-12/h4-7H,1-3H3,(H,15,16). The largest absolute Gasteiger partial charge is 0.351 e. The van der Waals surface area contributed by atoms with Gasteiger partial charge in [0.1, 0.15) is 0 Å². The molecule has 1 aromatic heterocycles. The zero-order chi connectivity index (χ0) is 12.4. The molecule has 0 bridgehead atoms. The Morgan fingerprint density at radius 2 is 2.00 bits per heavy atom. The van der Waals surface area contributed by atoms with Crippen molar-refractivity contribution in [2.75, 3.05) is 5.32 Å². The van der Waals surface area contributed by atoms with Crippen LogP contribution in [-0.4, -0.2) is 11.1 Å². The number of aromatic nitrogens is 1. The van der Waals surface area contributed by atoms with Crippen LogP contribution in [-0.2, 0) is 0 Å². The first-order valence-electron chi connectivity index (χ1n) is 5.38. The second kappa shape index (κ2) is 4.41. The van der Waals surface area contributed by atoms with Crippen molar-refractivity contribution in [3.63, 3.8) is 0 Å². The van der Waals surface area contributed by atoms with Crippen LogP contribution in [0.15, 0.2) is 28.9 Å². The number of nitrogens with zero attached hydrogens (tertiary/aromatic N) is 1. The number of hydrogen-bond acceptors (Lipinski definition) is 3. The maximum atomic E-state index is 11.9. The van der Waals surface area contributed by atoms with Crippen LogP contribution >= 0.6 is 0 Å². The normalized spacial score (nSPS) is 10.3. The molecule has 2 aromatic rings. The van der Waals surface area contributed by atoms with Crippen molar-refractivity contribution < 1.29 is 9.32 Å². The third kappa shape index (κ3) is 2.20. The second-order valence-electron chi connectivity index (χ2n) is 4.04. The Morgan fingerprint density at radius 1 is 1.24 bits per heavy atom. The fraction of sp³-hybridized carbons (Fsp3) is 0.231. The van der Waals surface area contributed by atoms with Gasteiger partial charge in [-0.15, -0.1) is 0 Å². The SMILES string of the molecule is Cc1cnoc1C(=O)Nc1cccc(C)c1C. The molecular formula is C13H14N2O2. The number of carbonyl (C=O) groups excluding carboxylic acids is 1. The van der Waals surface area contributed by atoms with E-state index in [2.05, 4.69) is 10.5 Å². The number of rotatable bonds is 2. The van der Waals surface area contributed by atoms with Crippen molar-refractivity contribution in [2.45, 2.75) is 20.8 Å². The molecule has 0 atom stereocenters. The van der Waals surface area contributed by atoms with Gasteiger partial charge in [-0.25, -0.2) is 0 Å². The van der Waals surface area contributed by atoms with E-state index in [-0.39, 0.29) is 11.7 Å². The van der Waals surface area contributed by atoms with E-state index in [4.69, 9.17) is 4.52 Å². The molecule has 0 saturated carbocycles. The van der Waals surface area contributed by atoms with Crippen molar-refractivity contribution >= 4 is 11.6 Å². The second-order valence-corrected chi connectivity index (χ2v) is 4.04. The Kier molecular flexibility index (Phi) is 2.95. The van der Waals surface area contributed by atoms with Gasteiger partial charge in [-0.05, 0) is 38.0 Å². The Labute approximate surface area is 99.6 Å². The highest BCUT2D eigenvalue weighted by Crippen LogP contribution is 2.19. The summed E-state index contributed by atoms with van der Waals surface area (Å²) in [6.45, 7) is 5.76. The molecule has 4 heteroatoms. The lowest BCUT2D eigenvalue weighted by atomic mass is 10.1. The first-order chi connectivity index (χ1) is 8.09. The molecule has 1 heterocycles. The monoisotopic (exact) mass is 230 g/mol. The molecule has 1 aromatic carbocycles. The number of amides is 1. The molecule has 0 unspecified atom stereocenters. The van der Waals surface area contributed by atoms with E-state index in [0.29, 0.717) is 0 Å². The number of nitrogens with one attached hydrogen (secondary N) is 1. The van der Waals surface area contributed by atoms with Crippen LogP contribution in [0.2, 0.25) is 0 Å². The molecule has 0 saturated heterocycles. The summed E-state index contributed by atoms with van der Waals surface area (Å²) in [5.41, 5.74) is 3.72. The highest BCUT2D eigenvalue weighted by atomic mass is 16.5. The molecule has 2 rings (SSSR count). The minimum Gasteiger partial charge on any atom is -0.351 e. The predicted octanol–water partition coefficient (Wildman–Crippen LogP) is 2.85. The Balaban J connectivity index is 2.25. The molecule has 88 valence electrons. The van der Waals surface area contributed by atoms with Gasteiger partial charge in [0, 0.05) is 11.3 Å². The van der Waals surface area contributed by atoms with Crippen LogP contribution in [0.25, 0.3) is 0 Å². The van der Waals surface area contributed by atoms with Gasteiger partial charge < -0.3 is 9.84 Å². The molecule has 0 fully saturated rings. The molecule has 0 aliphatic carbocycles. The van der Waals surface area contributed by atoms with Crippen LogP contribution in [0.3, 0.4) is 0 Å². The zero-order valence-corrected chi connectivity index (χ0v) is 10.1. The van der Waals surface area contributed by atoms with Gasteiger partial charge in [0.2, 0.25) is 5.76 Å². The van der Waals surface area contributed by atoms with E-state index in [0.717, 1.165) is 22.4 Å². The number of carbonyl (C=O) groups is 1. The summed E-state index contributed by atoms with van der Waals surface area (Å²) < 4.78 is 4.91. The minimum absolute atomic E-state index is 0.255. The van der Waals surface area contributed by atoms with Gasteiger partial charge >= 0.3 is 0 Å². The van der Waals surface area contributed by atoms with Crippen molar-refractivity contribution in [3.8, 4) is 0 Å². The Morgan fingerprint density at radius 3 is 2.65 bits per heavy atom. The van der Waals surface area contributed by atoms with Gasteiger partial charge in [0.05, 0.1) is 6.20 Å². The number of anilines is 1. The summed E-state index contributed by atoms with van der Waals surface area (Å²) in [4.78, 5) is 11.9. The third-order valence-corrected chi connectivity index (χ3v) is 2.81. The summed E-state index contributed by atoms with van der Waals surface area (Å²) in [7, 11) is 0. The average Bonchev–Trinajstić information content (AvgIpc) is 2.71. The summed E-state index contributed by atoms with van der Waals surface area (Å²) in [5, 5.41) is 6.41. The van der Waals surface area contributed by atoms with Gasteiger partial charge in [0.25, 0.3) is 5.91 Å². The molecule has 0 aliphatic heterocycles. The summed E-state index contributed by atoms with van der Waals surface area (Å²) in [6.07, 6.45) is 1.53. The highest BCUT2D eigenvalue weighted by Gasteiger charge is 2.15. The van der Waals surface area contributed by atoms with Crippen molar-refractivity contribution in [3.05, 3.63) is 46.8 Å². The van der Waals surface area contributed by atoms with E-state index in [1.54, 1.807) is 6.92 Å². The van der Waals surface area contributed by atoms with Crippen LogP contribution in [0.1, 0.15) is 27.2 Å². The van der Waals surface area contributed by atoms with E-state index >= 15 is 0 Å². The zero-order valence-electron chi connectivity index (χ0n) is 10.1. The number of hydrogen-bond donors (Lipinski definition) is 1.